The lowest BCUT2D eigenvalue weighted by atomic mass is 10.4. The van der Waals surface area contributed by atoms with Crippen molar-refractivity contribution in [2.75, 3.05) is 0 Å². The Kier molecular flexibility index (Phi) is 3.58. The topological polar surface area (TPSA) is 22.1 Å². The number of hydrogen-bond acceptors (Lipinski definition) is 2. The summed E-state index contributed by atoms with van der Waals surface area (Å²) >= 11 is 7.85. The normalized spacial score (nSPS) is 10.4. The third-order valence-electron chi connectivity index (χ3n) is 1.15. The van der Waals surface area contributed by atoms with Gasteiger partial charge in [-0.2, -0.15) is 0 Å². The van der Waals surface area contributed by atoms with E-state index in [0.29, 0.717) is 5.15 Å². The lowest BCUT2D eigenvalue weighted by Crippen LogP contribution is -2.06. The number of halogens is 2. The highest BCUT2D eigenvalue weighted by Crippen LogP contribution is 2.22. The summed E-state index contributed by atoms with van der Waals surface area (Å²) in [7, 11) is 0. The molecule has 0 N–H and O–H groups in total. The highest BCUT2D eigenvalue weighted by molar-refractivity contribution is 14.1. The minimum Gasteiger partial charge on any atom is -0.488 e. The van der Waals surface area contributed by atoms with Crippen molar-refractivity contribution in [1.29, 1.82) is 0 Å². The third kappa shape index (κ3) is 2.79. The fourth-order valence-electron chi connectivity index (χ4n) is 0.736. The van der Waals surface area contributed by atoms with Crippen LogP contribution in [0, 0.1) is 3.57 Å². The second-order valence-corrected chi connectivity index (χ2v) is 4.15. The molecule has 1 aromatic heterocycles. The predicted octanol–water partition coefficient (Wildman–Crippen LogP) is 3.13. The van der Waals surface area contributed by atoms with Crippen molar-refractivity contribution in [2.45, 2.75) is 20.0 Å². The van der Waals surface area contributed by atoms with Crippen LogP contribution in [-0.4, -0.2) is 11.1 Å². The van der Waals surface area contributed by atoms with Crippen LogP contribution in [0.25, 0.3) is 0 Å². The van der Waals surface area contributed by atoms with Crippen LogP contribution in [0.3, 0.4) is 0 Å². The fraction of sp³-hybridized carbons (Fsp3) is 0.375. The molecule has 0 amide bonds. The molecular formula is C8H9ClINO. The van der Waals surface area contributed by atoms with E-state index in [0.717, 1.165) is 9.32 Å². The van der Waals surface area contributed by atoms with Crippen LogP contribution in [0.4, 0.5) is 0 Å². The number of aromatic nitrogens is 1. The van der Waals surface area contributed by atoms with Crippen molar-refractivity contribution < 1.29 is 4.74 Å². The van der Waals surface area contributed by atoms with Crippen molar-refractivity contribution in [3.05, 3.63) is 21.0 Å². The average molecular weight is 298 g/mol. The van der Waals surface area contributed by atoms with E-state index in [1.165, 1.54) is 0 Å². The largest absolute Gasteiger partial charge is 0.488 e. The molecule has 0 saturated carbocycles. The third-order valence-corrected chi connectivity index (χ3v) is 2.20. The van der Waals surface area contributed by atoms with Gasteiger partial charge in [-0.3, -0.25) is 0 Å². The minimum atomic E-state index is 0.168. The van der Waals surface area contributed by atoms with Gasteiger partial charge >= 0.3 is 0 Å². The molecule has 0 aliphatic rings. The van der Waals surface area contributed by atoms with Crippen LogP contribution in [0.1, 0.15) is 13.8 Å². The maximum Gasteiger partial charge on any atom is 0.151 e. The highest BCUT2D eigenvalue weighted by Gasteiger charge is 2.03. The lowest BCUT2D eigenvalue weighted by molar-refractivity contribution is 0.239. The summed E-state index contributed by atoms with van der Waals surface area (Å²) in [6, 6.07) is 1.78. The smallest absolute Gasteiger partial charge is 0.151 e. The first-order valence-corrected chi connectivity index (χ1v) is 5.03. The van der Waals surface area contributed by atoms with Gasteiger partial charge in [0.05, 0.1) is 15.9 Å². The summed E-state index contributed by atoms with van der Waals surface area (Å²) in [5.74, 6) is 0.787. The minimum absolute atomic E-state index is 0.168. The van der Waals surface area contributed by atoms with Crippen LogP contribution in [-0.2, 0) is 0 Å². The Hall–Kier alpha value is -0.0300. The van der Waals surface area contributed by atoms with Crippen molar-refractivity contribution in [3.8, 4) is 5.75 Å². The molecule has 1 rings (SSSR count). The van der Waals surface area contributed by atoms with E-state index < -0.39 is 0 Å². The maximum atomic E-state index is 5.68. The number of nitrogens with zero attached hydrogens (tertiary/aromatic N) is 1. The Morgan fingerprint density at radius 2 is 2.25 bits per heavy atom. The zero-order chi connectivity index (χ0) is 9.14. The molecule has 0 fully saturated rings. The number of pyridine rings is 1. The molecular weight excluding hydrogens is 288 g/mol. The van der Waals surface area contributed by atoms with Crippen LogP contribution < -0.4 is 4.74 Å². The van der Waals surface area contributed by atoms with E-state index in [2.05, 4.69) is 27.6 Å². The van der Waals surface area contributed by atoms with E-state index in [-0.39, 0.29) is 6.10 Å². The van der Waals surface area contributed by atoms with E-state index in [1.54, 1.807) is 12.3 Å². The van der Waals surface area contributed by atoms with Gasteiger partial charge in [0.1, 0.15) is 5.15 Å². The van der Waals surface area contributed by atoms with Gasteiger partial charge in [0.15, 0.2) is 5.75 Å². The molecule has 0 saturated heterocycles. The molecule has 0 spiro atoms. The average Bonchev–Trinajstić information content (AvgIpc) is 1.94. The number of ether oxygens (including phenoxy) is 1. The summed E-state index contributed by atoms with van der Waals surface area (Å²) < 4.78 is 6.46. The number of rotatable bonds is 2. The van der Waals surface area contributed by atoms with Crippen LogP contribution >= 0.6 is 34.2 Å². The zero-order valence-corrected chi connectivity index (χ0v) is 9.76. The zero-order valence-electron chi connectivity index (χ0n) is 6.84. The summed E-state index contributed by atoms with van der Waals surface area (Å²) in [6.45, 7) is 3.95. The van der Waals surface area contributed by atoms with Gasteiger partial charge in [-0.1, -0.05) is 11.6 Å². The van der Waals surface area contributed by atoms with E-state index in [1.807, 2.05) is 13.8 Å². The molecule has 2 nitrogen and oxygen atoms in total. The second kappa shape index (κ2) is 4.28. The predicted molar refractivity (Wildman–Crippen MR) is 57.7 cm³/mol. The summed E-state index contributed by atoms with van der Waals surface area (Å²) in [5, 5.41) is 0.496. The molecule has 0 unspecified atom stereocenters. The molecule has 0 radical (unpaired) electrons. The maximum absolute atomic E-state index is 5.68. The monoisotopic (exact) mass is 297 g/mol. The summed E-state index contributed by atoms with van der Waals surface area (Å²) in [5.41, 5.74) is 0. The Bertz CT molecular complexity index is 278. The first kappa shape index (κ1) is 10.1. The molecule has 0 aliphatic carbocycles. The van der Waals surface area contributed by atoms with Gasteiger partial charge < -0.3 is 4.74 Å². The van der Waals surface area contributed by atoms with Crippen molar-refractivity contribution >= 4 is 34.2 Å². The molecule has 0 aliphatic heterocycles. The van der Waals surface area contributed by atoms with E-state index >= 15 is 0 Å². The standard InChI is InChI=1S/C8H9ClINO/c1-5(2)12-7-4-11-8(9)3-6(7)10/h3-5H,1-2H3. The molecule has 1 heterocycles. The summed E-state index contributed by atoms with van der Waals surface area (Å²) in [4.78, 5) is 3.93. The van der Waals surface area contributed by atoms with Gasteiger partial charge in [0.2, 0.25) is 0 Å². The van der Waals surface area contributed by atoms with Crippen LogP contribution in [0.15, 0.2) is 12.3 Å². The SMILES string of the molecule is CC(C)Oc1cnc(Cl)cc1I. The van der Waals surface area contributed by atoms with Crippen LogP contribution in [0.5, 0.6) is 5.75 Å². The fourth-order valence-corrected chi connectivity index (χ4v) is 1.64. The van der Waals surface area contributed by atoms with Gasteiger partial charge in [0.25, 0.3) is 0 Å². The second-order valence-electron chi connectivity index (χ2n) is 2.60. The Morgan fingerprint density at radius 3 is 2.75 bits per heavy atom. The molecule has 0 aromatic carbocycles. The Balaban J connectivity index is 2.86. The van der Waals surface area contributed by atoms with Crippen molar-refractivity contribution in [1.82, 2.24) is 4.98 Å². The molecule has 1 aromatic rings. The Labute approximate surface area is 90.4 Å². The number of hydrogen-bond donors (Lipinski definition) is 0. The van der Waals surface area contributed by atoms with Gasteiger partial charge in [0, 0.05) is 0 Å². The van der Waals surface area contributed by atoms with Gasteiger partial charge in [-0.15, -0.1) is 0 Å². The van der Waals surface area contributed by atoms with Gasteiger partial charge in [-0.05, 0) is 42.5 Å². The van der Waals surface area contributed by atoms with E-state index in [9.17, 15) is 0 Å². The first-order chi connectivity index (χ1) is 5.59. The van der Waals surface area contributed by atoms with Crippen molar-refractivity contribution in [3.63, 3.8) is 0 Å². The molecule has 4 heteroatoms. The van der Waals surface area contributed by atoms with Gasteiger partial charge in [-0.25, -0.2) is 4.98 Å². The Morgan fingerprint density at radius 1 is 1.58 bits per heavy atom. The molecule has 66 valence electrons. The molecule has 0 atom stereocenters. The molecule has 12 heavy (non-hydrogen) atoms. The quantitative estimate of drug-likeness (QED) is 0.618. The highest BCUT2D eigenvalue weighted by atomic mass is 127. The van der Waals surface area contributed by atoms with E-state index in [4.69, 9.17) is 16.3 Å². The first-order valence-electron chi connectivity index (χ1n) is 3.57. The molecule has 0 bridgehead atoms. The van der Waals surface area contributed by atoms with Crippen LogP contribution in [0.2, 0.25) is 5.15 Å². The van der Waals surface area contributed by atoms with Crippen molar-refractivity contribution in [2.24, 2.45) is 0 Å². The summed E-state index contributed by atoms with van der Waals surface area (Å²) in [6.07, 6.45) is 1.81. The lowest BCUT2D eigenvalue weighted by Gasteiger charge is -2.10.